The molecular weight excluding hydrogens is 270 g/mol. The summed E-state index contributed by atoms with van der Waals surface area (Å²) < 4.78 is 9.70. The van der Waals surface area contributed by atoms with E-state index in [-0.39, 0.29) is 18.8 Å². The SMILES string of the molecule is CCOC(=O)C(=CNc1ccc(CC)cc1)C(=O)OCC. The summed E-state index contributed by atoms with van der Waals surface area (Å²) in [5, 5.41) is 2.91. The average molecular weight is 291 g/mol. The lowest BCUT2D eigenvalue weighted by molar-refractivity contribution is -0.146. The van der Waals surface area contributed by atoms with Gasteiger partial charge in [0.15, 0.2) is 5.57 Å². The van der Waals surface area contributed by atoms with Crippen molar-refractivity contribution in [2.75, 3.05) is 18.5 Å². The van der Waals surface area contributed by atoms with Crippen molar-refractivity contribution < 1.29 is 19.1 Å². The molecule has 1 N–H and O–H groups in total. The first-order chi connectivity index (χ1) is 10.1. The predicted octanol–water partition coefficient (Wildman–Crippen LogP) is 2.67. The van der Waals surface area contributed by atoms with Gasteiger partial charge in [-0.2, -0.15) is 0 Å². The Hall–Kier alpha value is -2.30. The van der Waals surface area contributed by atoms with Crippen LogP contribution in [-0.4, -0.2) is 25.2 Å². The number of hydrogen-bond donors (Lipinski definition) is 1. The van der Waals surface area contributed by atoms with Crippen LogP contribution in [0.4, 0.5) is 5.69 Å². The van der Waals surface area contributed by atoms with Gasteiger partial charge in [0.25, 0.3) is 0 Å². The fourth-order valence-electron chi connectivity index (χ4n) is 1.61. The first kappa shape index (κ1) is 16.8. The summed E-state index contributed by atoms with van der Waals surface area (Å²) in [5.41, 5.74) is 1.83. The number of esters is 2. The standard InChI is InChI=1S/C16H21NO4/c1-4-12-7-9-13(10-8-12)17-11-14(15(18)20-5-2)16(19)21-6-3/h7-11,17H,4-6H2,1-3H3. The van der Waals surface area contributed by atoms with Crippen molar-refractivity contribution >= 4 is 17.6 Å². The van der Waals surface area contributed by atoms with Crippen LogP contribution in [0.25, 0.3) is 0 Å². The lowest BCUT2D eigenvalue weighted by Crippen LogP contribution is -2.19. The molecule has 114 valence electrons. The number of nitrogens with one attached hydrogen (secondary N) is 1. The molecule has 0 saturated carbocycles. The third kappa shape index (κ3) is 5.30. The molecule has 0 fully saturated rings. The highest BCUT2D eigenvalue weighted by Gasteiger charge is 2.20. The smallest absolute Gasteiger partial charge is 0.347 e. The van der Waals surface area contributed by atoms with Gasteiger partial charge in [0.1, 0.15) is 0 Å². The molecule has 1 rings (SSSR count). The fraction of sp³-hybridized carbons (Fsp3) is 0.375. The van der Waals surface area contributed by atoms with E-state index in [2.05, 4.69) is 12.2 Å². The summed E-state index contributed by atoms with van der Waals surface area (Å²) in [6.45, 7) is 5.82. The highest BCUT2D eigenvalue weighted by atomic mass is 16.6. The molecule has 0 spiro atoms. The van der Waals surface area contributed by atoms with Crippen LogP contribution in [-0.2, 0) is 25.5 Å². The van der Waals surface area contributed by atoms with Crippen molar-refractivity contribution in [3.63, 3.8) is 0 Å². The van der Waals surface area contributed by atoms with Crippen LogP contribution in [0.5, 0.6) is 0 Å². The molecule has 0 bridgehead atoms. The monoisotopic (exact) mass is 291 g/mol. The number of hydrogen-bond acceptors (Lipinski definition) is 5. The van der Waals surface area contributed by atoms with E-state index in [1.54, 1.807) is 13.8 Å². The highest BCUT2D eigenvalue weighted by molar-refractivity contribution is 6.14. The second-order valence-electron chi connectivity index (χ2n) is 4.19. The minimum absolute atomic E-state index is 0.154. The van der Waals surface area contributed by atoms with Crippen LogP contribution in [0.15, 0.2) is 36.0 Å². The van der Waals surface area contributed by atoms with Crippen molar-refractivity contribution in [3.05, 3.63) is 41.6 Å². The zero-order valence-corrected chi connectivity index (χ0v) is 12.6. The van der Waals surface area contributed by atoms with E-state index in [4.69, 9.17) is 9.47 Å². The van der Waals surface area contributed by atoms with E-state index >= 15 is 0 Å². The number of aryl methyl sites for hydroxylation is 1. The van der Waals surface area contributed by atoms with Crippen molar-refractivity contribution in [2.45, 2.75) is 27.2 Å². The van der Waals surface area contributed by atoms with Crippen LogP contribution < -0.4 is 5.32 Å². The van der Waals surface area contributed by atoms with Gasteiger partial charge < -0.3 is 14.8 Å². The second kappa shape index (κ2) is 8.79. The Kier molecular flexibility index (Phi) is 7.01. The molecule has 0 amide bonds. The average Bonchev–Trinajstić information content (AvgIpc) is 2.48. The van der Waals surface area contributed by atoms with E-state index in [0.29, 0.717) is 0 Å². The van der Waals surface area contributed by atoms with E-state index in [1.165, 1.54) is 11.8 Å². The van der Waals surface area contributed by atoms with Gasteiger partial charge in [0.2, 0.25) is 0 Å². The Balaban J connectivity index is 2.85. The van der Waals surface area contributed by atoms with Crippen LogP contribution in [0.2, 0.25) is 0 Å². The van der Waals surface area contributed by atoms with E-state index in [0.717, 1.165) is 12.1 Å². The van der Waals surface area contributed by atoms with Crippen LogP contribution in [0, 0.1) is 0 Å². The zero-order valence-electron chi connectivity index (χ0n) is 12.6. The molecule has 1 aromatic rings. The van der Waals surface area contributed by atoms with E-state index in [9.17, 15) is 9.59 Å². The Morgan fingerprint density at radius 1 is 1.00 bits per heavy atom. The molecule has 0 heterocycles. The molecule has 0 aliphatic rings. The lowest BCUT2D eigenvalue weighted by atomic mass is 10.1. The molecular formula is C16H21NO4. The third-order valence-electron chi connectivity index (χ3n) is 2.74. The largest absolute Gasteiger partial charge is 0.462 e. The van der Waals surface area contributed by atoms with E-state index < -0.39 is 11.9 Å². The van der Waals surface area contributed by atoms with Crippen molar-refractivity contribution in [1.29, 1.82) is 0 Å². The number of benzene rings is 1. The van der Waals surface area contributed by atoms with Gasteiger partial charge in [-0.15, -0.1) is 0 Å². The Bertz CT molecular complexity index is 486. The number of carbonyl (C=O) groups is 2. The summed E-state index contributed by atoms with van der Waals surface area (Å²) in [4.78, 5) is 23.5. The number of carbonyl (C=O) groups excluding carboxylic acids is 2. The molecule has 0 radical (unpaired) electrons. The van der Waals surface area contributed by atoms with Crippen molar-refractivity contribution in [3.8, 4) is 0 Å². The van der Waals surface area contributed by atoms with E-state index in [1.807, 2.05) is 24.3 Å². The zero-order chi connectivity index (χ0) is 15.7. The van der Waals surface area contributed by atoms with Crippen LogP contribution in [0.3, 0.4) is 0 Å². The highest BCUT2D eigenvalue weighted by Crippen LogP contribution is 2.11. The minimum atomic E-state index is -0.700. The molecule has 0 aliphatic heterocycles. The quantitative estimate of drug-likeness (QED) is 0.362. The summed E-state index contributed by atoms with van der Waals surface area (Å²) >= 11 is 0. The Morgan fingerprint density at radius 2 is 1.52 bits per heavy atom. The van der Waals surface area contributed by atoms with Gasteiger partial charge >= 0.3 is 11.9 Å². The van der Waals surface area contributed by atoms with Crippen LogP contribution >= 0.6 is 0 Å². The molecule has 0 saturated heterocycles. The summed E-state index contributed by atoms with van der Waals surface area (Å²) in [6, 6.07) is 7.71. The molecule has 21 heavy (non-hydrogen) atoms. The summed E-state index contributed by atoms with van der Waals surface area (Å²) in [7, 11) is 0. The number of anilines is 1. The number of rotatable bonds is 7. The predicted molar refractivity (Wildman–Crippen MR) is 80.8 cm³/mol. The summed E-state index contributed by atoms with van der Waals surface area (Å²) in [6.07, 6.45) is 2.27. The Labute approximate surface area is 124 Å². The molecule has 5 nitrogen and oxygen atoms in total. The molecule has 0 aromatic heterocycles. The molecule has 0 aliphatic carbocycles. The van der Waals surface area contributed by atoms with Gasteiger partial charge in [-0.1, -0.05) is 19.1 Å². The minimum Gasteiger partial charge on any atom is -0.462 e. The molecule has 5 heteroatoms. The lowest BCUT2D eigenvalue weighted by Gasteiger charge is -2.08. The maximum Gasteiger partial charge on any atom is 0.347 e. The molecule has 0 atom stereocenters. The fourth-order valence-corrected chi connectivity index (χ4v) is 1.61. The maximum absolute atomic E-state index is 11.7. The van der Waals surface area contributed by atoms with Crippen LogP contribution in [0.1, 0.15) is 26.3 Å². The first-order valence-electron chi connectivity index (χ1n) is 7.02. The third-order valence-corrected chi connectivity index (χ3v) is 2.74. The summed E-state index contributed by atoms with van der Waals surface area (Å²) in [5.74, 6) is -1.40. The van der Waals surface area contributed by atoms with Crippen molar-refractivity contribution in [2.24, 2.45) is 0 Å². The van der Waals surface area contributed by atoms with Gasteiger partial charge in [-0.05, 0) is 38.0 Å². The molecule has 0 unspecified atom stereocenters. The van der Waals surface area contributed by atoms with Gasteiger partial charge in [-0.3, -0.25) is 0 Å². The topological polar surface area (TPSA) is 64.6 Å². The number of ether oxygens (including phenoxy) is 2. The first-order valence-corrected chi connectivity index (χ1v) is 7.02. The Morgan fingerprint density at radius 3 is 1.95 bits per heavy atom. The normalized spacial score (nSPS) is 9.67. The van der Waals surface area contributed by atoms with Gasteiger partial charge in [-0.25, -0.2) is 9.59 Å². The van der Waals surface area contributed by atoms with Gasteiger partial charge in [0.05, 0.1) is 13.2 Å². The van der Waals surface area contributed by atoms with Gasteiger partial charge in [0, 0.05) is 11.9 Å². The van der Waals surface area contributed by atoms with Crippen molar-refractivity contribution in [1.82, 2.24) is 0 Å². The molecule has 1 aromatic carbocycles. The maximum atomic E-state index is 11.7. The second-order valence-corrected chi connectivity index (χ2v) is 4.19.